The van der Waals surface area contributed by atoms with Crippen LogP contribution in [-0.4, -0.2) is 10.7 Å². The Morgan fingerprint density at radius 1 is 1.57 bits per heavy atom. The second kappa shape index (κ2) is 4.15. The Bertz CT molecular complexity index is 415. The van der Waals surface area contributed by atoms with Gasteiger partial charge in [-0.05, 0) is 18.2 Å². The molecule has 14 heavy (non-hydrogen) atoms. The summed E-state index contributed by atoms with van der Waals surface area (Å²) in [5.74, 6) is -0.454. The number of nitrogens with zero attached hydrogens (tertiary/aromatic N) is 1. The number of halogens is 1. The lowest BCUT2D eigenvalue weighted by atomic mass is 10.1. The number of allylic oxidation sites excluding steroid dienone is 1. The molecule has 0 heterocycles. The summed E-state index contributed by atoms with van der Waals surface area (Å²) in [5, 5.41) is 10.6. The van der Waals surface area contributed by atoms with Crippen molar-refractivity contribution in [2.24, 2.45) is 0 Å². The molecule has 0 aliphatic heterocycles. The largest absolute Gasteiger partial charge is 0.289 e. The first-order valence-corrected chi connectivity index (χ1v) is 4.46. The predicted octanol–water partition coefficient (Wildman–Crippen LogP) is 2.73. The number of carbonyl (C=O) groups is 1. The van der Waals surface area contributed by atoms with Crippen LogP contribution in [0.4, 0.5) is 5.69 Å². The molecular formula is C9H6BrNO3. The van der Waals surface area contributed by atoms with Crippen LogP contribution in [0, 0.1) is 10.1 Å². The Kier molecular flexibility index (Phi) is 3.14. The van der Waals surface area contributed by atoms with E-state index in [2.05, 4.69) is 22.5 Å². The van der Waals surface area contributed by atoms with E-state index in [1.165, 1.54) is 12.1 Å². The highest BCUT2D eigenvalue weighted by atomic mass is 79.9. The van der Waals surface area contributed by atoms with Crippen LogP contribution in [-0.2, 0) is 0 Å². The first-order valence-electron chi connectivity index (χ1n) is 3.67. The molecule has 0 aliphatic carbocycles. The topological polar surface area (TPSA) is 60.2 Å². The molecule has 5 heteroatoms. The summed E-state index contributed by atoms with van der Waals surface area (Å²) < 4.78 is 0.560. The number of hydrogen-bond donors (Lipinski definition) is 0. The van der Waals surface area contributed by atoms with E-state index < -0.39 is 10.7 Å². The highest BCUT2D eigenvalue weighted by Crippen LogP contribution is 2.23. The van der Waals surface area contributed by atoms with Gasteiger partial charge in [-0.3, -0.25) is 14.9 Å². The highest BCUT2D eigenvalue weighted by molar-refractivity contribution is 9.10. The first kappa shape index (κ1) is 10.6. The monoisotopic (exact) mass is 255 g/mol. The molecule has 0 saturated heterocycles. The number of carbonyl (C=O) groups excluding carboxylic acids is 1. The Morgan fingerprint density at radius 3 is 2.71 bits per heavy atom. The lowest BCUT2D eigenvalue weighted by molar-refractivity contribution is -0.385. The van der Waals surface area contributed by atoms with E-state index in [-0.39, 0.29) is 11.3 Å². The molecule has 0 aromatic heterocycles. The molecule has 0 atom stereocenters. The quantitative estimate of drug-likeness (QED) is 0.361. The standard InChI is InChI=1S/C9H6BrNO3/c1-2-9(12)7-4-3-6(10)5-8(7)11(13)14/h2-5H,1H2. The van der Waals surface area contributed by atoms with Crippen molar-refractivity contribution in [1.29, 1.82) is 0 Å². The van der Waals surface area contributed by atoms with Crippen molar-refractivity contribution in [3.05, 3.63) is 51.0 Å². The summed E-state index contributed by atoms with van der Waals surface area (Å²) in [4.78, 5) is 21.2. The molecule has 72 valence electrons. The van der Waals surface area contributed by atoms with Crippen molar-refractivity contribution < 1.29 is 9.72 Å². The minimum absolute atomic E-state index is 0.0493. The van der Waals surface area contributed by atoms with Crippen LogP contribution >= 0.6 is 15.9 Å². The normalized spacial score (nSPS) is 9.50. The van der Waals surface area contributed by atoms with Gasteiger partial charge in [-0.1, -0.05) is 22.5 Å². The number of nitro groups is 1. The molecule has 1 aromatic carbocycles. The van der Waals surface area contributed by atoms with Crippen molar-refractivity contribution in [1.82, 2.24) is 0 Å². The molecule has 0 bridgehead atoms. The van der Waals surface area contributed by atoms with Crippen LogP contribution in [0.15, 0.2) is 35.3 Å². The molecule has 0 radical (unpaired) electrons. The minimum atomic E-state index is -0.596. The van der Waals surface area contributed by atoms with Crippen LogP contribution in [0.5, 0.6) is 0 Å². The Hall–Kier alpha value is -1.49. The fourth-order valence-electron chi connectivity index (χ4n) is 0.974. The summed E-state index contributed by atoms with van der Waals surface area (Å²) in [7, 11) is 0. The fraction of sp³-hybridized carbons (Fsp3) is 0. The fourth-order valence-corrected chi connectivity index (χ4v) is 1.32. The van der Waals surface area contributed by atoms with Gasteiger partial charge in [-0.25, -0.2) is 0 Å². The Labute approximate surface area is 88.5 Å². The van der Waals surface area contributed by atoms with Gasteiger partial charge in [0.15, 0.2) is 5.78 Å². The highest BCUT2D eigenvalue weighted by Gasteiger charge is 2.17. The lowest BCUT2D eigenvalue weighted by Gasteiger charge is -1.98. The van der Waals surface area contributed by atoms with E-state index in [1.54, 1.807) is 6.07 Å². The molecule has 0 amide bonds. The smallest absolute Gasteiger partial charge is 0.281 e. The number of ketones is 1. The molecular weight excluding hydrogens is 250 g/mol. The van der Waals surface area contributed by atoms with E-state index >= 15 is 0 Å². The third-order valence-electron chi connectivity index (χ3n) is 1.61. The van der Waals surface area contributed by atoms with Gasteiger partial charge in [0.1, 0.15) is 0 Å². The zero-order valence-corrected chi connectivity index (χ0v) is 8.65. The van der Waals surface area contributed by atoms with E-state index in [0.29, 0.717) is 4.47 Å². The number of nitro benzene ring substituents is 1. The zero-order chi connectivity index (χ0) is 10.7. The van der Waals surface area contributed by atoms with Gasteiger partial charge in [0, 0.05) is 10.5 Å². The average Bonchev–Trinajstić information content (AvgIpc) is 2.16. The molecule has 0 saturated carbocycles. The van der Waals surface area contributed by atoms with Gasteiger partial charge >= 0.3 is 0 Å². The van der Waals surface area contributed by atoms with Gasteiger partial charge < -0.3 is 0 Å². The van der Waals surface area contributed by atoms with Crippen molar-refractivity contribution in [3.8, 4) is 0 Å². The summed E-state index contributed by atoms with van der Waals surface area (Å²) >= 11 is 3.09. The molecule has 0 spiro atoms. The van der Waals surface area contributed by atoms with Crippen molar-refractivity contribution in [2.75, 3.05) is 0 Å². The van der Waals surface area contributed by atoms with Gasteiger partial charge in [0.05, 0.1) is 10.5 Å². The number of rotatable bonds is 3. The zero-order valence-electron chi connectivity index (χ0n) is 7.07. The Morgan fingerprint density at radius 2 is 2.21 bits per heavy atom. The van der Waals surface area contributed by atoms with Crippen LogP contribution in [0.1, 0.15) is 10.4 Å². The lowest BCUT2D eigenvalue weighted by Crippen LogP contribution is -2.00. The molecule has 1 rings (SSSR count). The third-order valence-corrected chi connectivity index (χ3v) is 2.10. The maximum atomic E-state index is 11.2. The van der Waals surface area contributed by atoms with Crippen molar-refractivity contribution >= 4 is 27.4 Å². The van der Waals surface area contributed by atoms with Crippen LogP contribution < -0.4 is 0 Å². The summed E-state index contributed by atoms with van der Waals surface area (Å²) in [5.41, 5.74) is -0.169. The maximum absolute atomic E-state index is 11.2. The van der Waals surface area contributed by atoms with Gasteiger partial charge in [0.25, 0.3) is 5.69 Å². The molecule has 0 N–H and O–H groups in total. The van der Waals surface area contributed by atoms with Crippen molar-refractivity contribution in [2.45, 2.75) is 0 Å². The average molecular weight is 256 g/mol. The van der Waals surface area contributed by atoms with Crippen LogP contribution in [0.25, 0.3) is 0 Å². The van der Waals surface area contributed by atoms with Gasteiger partial charge in [0.2, 0.25) is 0 Å². The van der Waals surface area contributed by atoms with Crippen LogP contribution in [0.3, 0.4) is 0 Å². The SMILES string of the molecule is C=CC(=O)c1ccc(Br)cc1[N+](=O)[O-]. The summed E-state index contributed by atoms with van der Waals surface area (Å²) in [6.45, 7) is 3.28. The summed E-state index contributed by atoms with van der Waals surface area (Å²) in [6.07, 6.45) is 1.05. The van der Waals surface area contributed by atoms with E-state index in [0.717, 1.165) is 6.08 Å². The molecule has 4 nitrogen and oxygen atoms in total. The van der Waals surface area contributed by atoms with E-state index in [4.69, 9.17) is 0 Å². The van der Waals surface area contributed by atoms with E-state index in [1.807, 2.05) is 0 Å². The molecule has 0 fully saturated rings. The maximum Gasteiger partial charge on any atom is 0.281 e. The van der Waals surface area contributed by atoms with E-state index in [9.17, 15) is 14.9 Å². The second-order valence-corrected chi connectivity index (χ2v) is 3.40. The van der Waals surface area contributed by atoms with Gasteiger partial charge in [-0.15, -0.1) is 0 Å². The molecule has 1 aromatic rings. The third kappa shape index (κ3) is 2.05. The number of benzene rings is 1. The predicted molar refractivity (Wildman–Crippen MR) is 55.3 cm³/mol. The first-order chi connectivity index (χ1) is 6.56. The summed E-state index contributed by atoms with van der Waals surface area (Å²) in [6, 6.07) is 4.26. The number of hydrogen-bond acceptors (Lipinski definition) is 3. The van der Waals surface area contributed by atoms with Gasteiger partial charge in [-0.2, -0.15) is 0 Å². The second-order valence-electron chi connectivity index (χ2n) is 2.49. The van der Waals surface area contributed by atoms with Crippen LogP contribution in [0.2, 0.25) is 0 Å². The molecule has 0 aliphatic rings. The Balaban J connectivity index is 3.35. The molecule has 0 unspecified atom stereocenters. The minimum Gasteiger partial charge on any atom is -0.289 e. The van der Waals surface area contributed by atoms with Crippen molar-refractivity contribution in [3.63, 3.8) is 0 Å².